The van der Waals surface area contributed by atoms with Crippen LogP contribution in [0.15, 0.2) is 70.6 Å². The maximum absolute atomic E-state index is 14.9. The molecular formula is C23H21F2N3O3S. The van der Waals surface area contributed by atoms with Crippen LogP contribution in [0.25, 0.3) is 0 Å². The minimum atomic E-state index is -4.00. The molecule has 32 heavy (non-hydrogen) atoms. The molecule has 1 heterocycles. The third kappa shape index (κ3) is 4.16. The zero-order valence-electron chi connectivity index (χ0n) is 17.4. The highest BCUT2D eigenvalue weighted by Crippen LogP contribution is 2.38. The minimum Gasteiger partial charge on any atom is -0.497 e. The van der Waals surface area contributed by atoms with E-state index < -0.39 is 27.6 Å². The summed E-state index contributed by atoms with van der Waals surface area (Å²) < 4.78 is 62.5. The molecule has 3 aromatic rings. The first-order valence-electron chi connectivity index (χ1n) is 9.84. The van der Waals surface area contributed by atoms with E-state index >= 15 is 0 Å². The Morgan fingerprint density at radius 2 is 1.81 bits per heavy atom. The van der Waals surface area contributed by atoms with Gasteiger partial charge in [0.25, 0.3) is 10.0 Å². The number of anilines is 1. The summed E-state index contributed by atoms with van der Waals surface area (Å²) in [5.74, 6) is -1.29. The molecule has 9 heteroatoms. The lowest BCUT2D eigenvalue weighted by Gasteiger charge is -2.26. The van der Waals surface area contributed by atoms with Crippen molar-refractivity contribution < 1.29 is 21.9 Å². The average Bonchev–Trinajstić information content (AvgIpc) is 2.77. The maximum Gasteiger partial charge on any atom is 0.266 e. The summed E-state index contributed by atoms with van der Waals surface area (Å²) in [5.41, 5.74) is 1.14. The van der Waals surface area contributed by atoms with Crippen molar-refractivity contribution in [2.45, 2.75) is 24.3 Å². The zero-order valence-corrected chi connectivity index (χ0v) is 18.2. The van der Waals surface area contributed by atoms with Crippen molar-refractivity contribution in [3.63, 3.8) is 0 Å². The van der Waals surface area contributed by atoms with Crippen LogP contribution in [0, 0.1) is 11.6 Å². The second-order valence-corrected chi connectivity index (χ2v) is 8.98. The number of rotatable bonds is 5. The first-order chi connectivity index (χ1) is 15.3. The monoisotopic (exact) mass is 457 g/mol. The van der Waals surface area contributed by atoms with E-state index in [4.69, 9.17) is 4.74 Å². The lowest BCUT2D eigenvalue weighted by atomic mass is 9.91. The molecule has 1 aliphatic heterocycles. The molecule has 0 amide bonds. The van der Waals surface area contributed by atoms with Crippen LogP contribution in [0.2, 0.25) is 0 Å². The van der Waals surface area contributed by atoms with E-state index in [1.165, 1.54) is 12.1 Å². The number of nitrogens with zero attached hydrogens (tertiary/aromatic N) is 1. The van der Waals surface area contributed by atoms with Gasteiger partial charge in [-0.15, -0.1) is 0 Å². The molecule has 2 N–H and O–H groups in total. The summed E-state index contributed by atoms with van der Waals surface area (Å²) in [4.78, 5) is 4.18. The van der Waals surface area contributed by atoms with Gasteiger partial charge in [-0.3, -0.25) is 0 Å². The number of ether oxygens (including phenoxy) is 1. The van der Waals surface area contributed by atoms with Crippen LogP contribution in [0.5, 0.6) is 5.75 Å². The molecule has 6 nitrogen and oxygen atoms in total. The van der Waals surface area contributed by atoms with Crippen molar-refractivity contribution in [1.29, 1.82) is 0 Å². The molecule has 0 aromatic heterocycles. The molecule has 0 saturated heterocycles. The van der Waals surface area contributed by atoms with Gasteiger partial charge in [-0.1, -0.05) is 37.3 Å². The normalized spacial score (nSPS) is 16.6. The molecule has 0 radical (unpaired) electrons. The van der Waals surface area contributed by atoms with Crippen LogP contribution in [0.1, 0.15) is 29.5 Å². The Labute approximate surface area is 185 Å². The fourth-order valence-electron chi connectivity index (χ4n) is 3.67. The van der Waals surface area contributed by atoms with E-state index in [9.17, 15) is 17.2 Å². The topological polar surface area (TPSA) is 79.8 Å². The lowest BCUT2D eigenvalue weighted by Crippen LogP contribution is -2.41. The van der Waals surface area contributed by atoms with Crippen molar-refractivity contribution in [3.05, 3.63) is 89.0 Å². The summed E-state index contributed by atoms with van der Waals surface area (Å²) in [5, 5.41) is 2.90. The number of methoxy groups -OCH3 is 1. The Morgan fingerprint density at radius 1 is 1.03 bits per heavy atom. The highest BCUT2D eigenvalue weighted by atomic mass is 32.2. The molecule has 166 valence electrons. The smallest absolute Gasteiger partial charge is 0.266 e. The van der Waals surface area contributed by atoms with Gasteiger partial charge in [0.15, 0.2) is 0 Å². The Balaban J connectivity index is 1.75. The van der Waals surface area contributed by atoms with Gasteiger partial charge in [0.1, 0.15) is 22.3 Å². The van der Waals surface area contributed by atoms with Crippen LogP contribution < -0.4 is 14.8 Å². The van der Waals surface area contributed by atoms with Crippen molar-refractivity contribution in [3.8, 4) is 5.75 Å². The Kier molecular flexibility index (Phi) is 5.84. The first-order valence-corrected chi connectivity index (χ1v) is 11.3. The molecule has 0 aliphatic carbocycles. The third-order valence-electron chi connectivity index (χ3n) is 5.28. The molecule has 1 atom stereocenters. The highest BCUT2D eigenvalue weighted by molar-refractivity contribution is 7.90. The predicted molar refractivity (Wildman–Crippen MR) is 118 cm³/mol. The third-order valence-corrected chi connectivity index (χ3v) is 6.66. The van der Waals surface area contributed by atoms with E-state index in [0.717, 1.165) is 11.6 Å². The number of sulfonamides is 1. The highest BCUT2D eigenvalue weighted by Gasteiger charge is 2.32. The standard InChI is InChI=1S/C23H21F2N3O3S/c1-14(17-8-3-4-9-18(17)24)21-19(25)10-11-20-22(21)27-23(28-32(20,29)30)26-13-15-6-5-7-16(12-15)31-2/h3-12,14H,13H2,1-2H3,(H2,26,27,28)/t14-/m0/s1. The zero-order chi connectivity index (χ0) is 22.9. The molecule has 1 aliphatic rings. The fraction of sp³-hybridized carbons (Fsp3) is 0.174. The van der Waals surface area contributed by atoms with Gasteiger partial charge >= 0.3 is 0 Å². The number of aliphatic imine (C=N–C) groups is 1. The lowest BCUT2D eigenvalue weighted by molar-refractivity contribution is 0.414. The number of guanidine groups is 1. The van der Waals surface area contributed by atoms with E-state index in [0.29, 0.717) is 5.75 Å². The van der Waals surface area contributed by atoms with Gasteiger partial charge in [0, 0.05) is 11.5 Å². The quantitative estimate of drug-likeness (QED) is 0.596. The Bertz CT molecular complexity index is 1310. The largest absolute Gasteiger partial charge is 0.497 e. The summed E-state index contributed by atoms with van der Waals surface area (Å²) in [6, 6.07) is 15.5. The molecule has 3 aromatic carbocycles. The number of hydrogen-bond acceptors (Lipinski definition) is 4. The van der Waals surface area contributed by atoms with E-state index in [1.54, 1.807) is 50.4 Å². The van der Waals surface area contributed by atoms with Crippen LogP contribution in [0.3, 0.4) is 0 Å². The molecule has 0 bridgehead atoms. The second-order valence-electron chi connectivity index (χ2n) is 7.32. The number of benzene rings is 3. The summed E-state index contributed by atoms with van der Waals surface area (Å²) in [7, 11) is -2.45. The molecular weight excluding hydrogens is 436 g/mol. The van der Waals surface area contributed by atoms with Gasteiger partial charge in [-0.05, 0) is 41.5 Å². The molecule has 4 rings (SSSR count). The Hall–Kier alpha value is -3.46. The molecule has 0 saturated carbocycles. The van der Waals surface area contributed by atoms with E-state index in [2.05, 4.69) is 15.0 Å². The molecule has 0 unspecified atom stereocenters. The number of hydrogen-bond donors (Lipinski definition) is 2. The van der Waals surface area contributed by atoms with Crippen LogP contribution in [0.4, 0.5) is 14.5 Å². The summed E-state index contributed by atoms with van der Waals surface area (Å²) in [6.07, 6.45) is 0. The fourth-order valence-corrected chi connectivity index (χ4v) is 4.83. The van der Waals surface area contributed by atoms with Crippen molar-refractivity contribution >= 4 is 21.7 Å². The second kappa shape index (κ2) is 8.58. The molecule has 0 spiro atoms. The van der Waals surface area contributed by atoms with Gasteiger partial charge < -0.3 is 10.1 Å². The van der Waals surface area contributed by atoms with Crippen LogP contribution in [-0.4, -0.2) is 21.5 Å². The minimum absolute atomic E-state index is 0.0453. The van der Waals surface area contributed by atoms with E-state index in [1.807, 2.05) is 6.07 Å². The van der Waals surface area contributed by atoms with Gasteiger partial charge in [-0.25, -0.2) is 26.9 Å². The number of fused-ring (bicyclic) bond motifs is 1. The van der Waals surface area contributed by atoms with Gasteiger partial charge in [-0.2, -0.15) is 0 Å². The average molecular weight is 458 g/mol. The first kappa shape index (κ1) is 21.8. The van der Waals surface area contributed by atoms with Crippen LogP contribution >= 0.6 is 0 Å². The van der Waals surface area contributed by atoms with Gasteiger partial charge in [0.2, 0.25) is 5.96 Å². The predicted octanol–water partition coefficient (Wildman–Crippen LogP) is 4.39. The van der Waals surface area contributed by atoms with Crippen molar-refractivity contribution in [2.24, 2.45) is 4.99 Å². The summed E-state index contributed by atoms with van der Waals surface area (Å²) >= 11 is 0. The SMILES string of the molecule is COc1cccc(CN=C2Nc3c(ccc(F)c3[C@@H](C)c3ccccc3F)S(=O)(=O)N2)c1. The van der Waals surface area contributed by atoms with Crippen molar-refractivity contribution in [1.82, 2.24) is 4.72 Å². The summed E-state index contributed by atoms with van der Waals surface area (Å²) in [6.45, 7) is 1.78. The van der Waals surface area contributed by atoms with E-state index in [-0.39, 0.29) is 34.2 Å². The van der Waals surface area contributed by atoms with Gasteiger partial charge in [0.05, 0.1) is 19.3 Å². The van der Waals surface area contributed by atoms with Crippen molar-refractivity contribution in [2.75, 3.05) is 12.4 Å². The van der Waals surface area contributed by atoms with Crippen LogP contribution in [-0.2, 0) is 16.6 Å². The maximum atomic E-state index is 14.9. The Morgan fingerprint density at radius 3 is 2.56 bits per heavy atom. The number of nitrogens with one attached hydrogen (secondary N) is 2. The molecule has 0 fully saturated rings. The number of halogens is 2.